The molecule has 1 atom stereocenters. The third-order valence-corrected chi connectivity index (χ3v) is 3.09. The summed E-state index contributed by atoms with van der Waals surface area (Å²) in [4.78, 5) is 0. The van der Waals surface area contributed by atoms with Gasteiger partial charge in [0, 0.05) is 12.0 Å². The lowest BCUT2D eigenvalue weighted by Crippen LogP contribution is -2.38. The molecule has 0 aliphatic rings. The molecule has 1 aromatic rings. The maximum atomic E-state index is 9.47. The molecule has 0 saturated heterocycles. The van der Waals surface area contributed by atoms with Crippen LogP contribution in [0.2, 0.25) is 0 Å². The van der Waals surface area contributed by atoms with Gasteiger partial charge in [-0.05, 0) is 24.5 Å². The van der Waals surface area contributed by atoms with Crippen molar-refractivity contribution in [2.45, 2.75) is 25.7 Å². The van der Waals surface area contributed by atoms with Gasteiger partial charge >= 0.3 is 0 Å². The lowest BCUT2D eigenvalue weighted by Gasteiger charge is -2.31. The first kappa shape index (κ1) is 11.2. The molecule has 1 rings (SSSR count). The third kappa shape index (κ3) is 1.81. The number of aliphatic hydroxyl groups is 1. The third-order valence-electron chi connectivity index (χ3n) is 3.09. The molecule has 0 radical (unpaired) electrons. The Bertz CT molecular complexity index is 284. The van der Waals surface area contributed by atoms with Crippen LogP contribution in [-0.2, 0) is 5.41 Å². The predicted octanol–water partition coefficient (Wildman–Crippen LogP) is 1.59. The summed E-state index contributed by atoms with van der Waals surface area (Å²) in [6.07, 6.45) is 0.866. The molecule has 14 heavy (non-hydrogen) atoms. The van der Waals surface area contributed by atoms with Gasteiger partial charge in [0.15, 0.2) is 0 Å². The minimum atomic E-state index is -0.259. The van der Waals surface area contributed by atoms with Crippen LogP contribution >= 0.6 is 0 Å². The van der Waals surface area contributed by atoms with E-state index in [1.807, 2.05) is 12.1 Å². The molecular formula is C12H19NO. The molecule has 2 nitrogen and oxygen atoms in total. The highest BCUT2D eigenvalue weighted by Crippen LogP contribution is 2.28. The van der Waals surface area contributed by atoms with Crippen molar-refractivity contribution in [1.82, 2.24) is 0 Å². The van der Waals surface area contributed by atoms with E-state index in [1.165, 1.54) is 11.1 Å². The van der Waals surface area contributed by atoms with Gasteiger partial charge in [0.25, 0.3) is 0 Å². The lowest BCUT2D eigenvalue weighted by molar-refractivity contribution is 0.192. The number of benzene rings is 1. The second kappa shape index (κ2) is 4.58. The Kier molecular flexibility index (Phi) is 3.67. The minimum Gasteiger partial charge on any atom is -0.395 e. The maximum absolute atomic E-state index is 9.47. The Morgan fingerprint density at radius 1 is 1.36 bits per heavy atom. The van der Waals surface area contributed by atoms with Crippen LogP contribution in [-0.4, -0.2) is 18.3 Å². The zero-order valence-corrected chi connectivity index (χ0v) is 8.96. The quantitative estimate of drug-likeness (QED) is 0.763. The summed E-state index contributed by atoms with van der Waals surface area (Å²) >= 11 is 0. The molecule has 78 valence electrons. The Morgan fingerprint density at radius 3 is 2.43 bits per heavy atom. The Labute approximate surface area is 85.8 Å². The topological polar surface area (TPSA) is 46.2 Å². The van der Waals surface area contributed by atoms with Crippen LogP contribution in [0.25, 0.3) is 0 Å². The SMILES string of the molecule is CCC(CN)(CO)c1ccccc1C. The second-order valence-corrected chi connectivity index (χ2v) is 3.81. The molecule has 0 bridgehead atoms. The van der Waals surface area contributed by atoms with Crippen LogP contribution in [0.15, 0.2) is 24.3 Å². The van der Waals surface area contributed by atoms with Crippen molar-refractivity contribution in [3.8, 4) is 0 Å². The standard InChI is InChI=1S/C12H19NO/c1-3-12(8-13,9-14)11-7-5-4-6-10(11)2/h4-7,14H,3,8-9,13H2,1-2H3. The predicted molar refractivity (Wildman–Crippen MR) is 59.3 cm³/mol. The monoisotopic (exact) mass is 193 g/mol. The van der Waals surface area contributed by atoms with E-state index in [4.69, 9.17) is 5.73 Å². The number of nitrogens with two attached hydrogens (primary N) is 1. The van der Waals surface area contributed by atoms with Crippen LogP contribution in [0.3, 0.4) is 0 Å². The van der Waals surface area contributed by atoms with Gasteiger partial charge in [-0.3, -0.25) is 0 Å². The minimum absolute atomic E-state index is 0.116. The molecule has 0 saturated carbocycles. The van der Waals surface area contributed by atoms with Gasteiger partial charge in [-0.2, -0.15) is 0 Å². The van der Waals surface area contributed by atoms with Crippen LogP contribution in [0.1, 0.15) is 24.5 Å². The van der Waals surface area contributed by atoms with Crippen LogP contribution < -0.4 is 5.73 Å². The van der Waals surface area contributed by atoms with Crippen molar-refractivity contribution >= 4 is 0 Å². The van der Waals surface area contributed by atoms with Crippen LogP contribution in [0, 0.1) is 6.92 Å². The van der Waals surface area contributed by atoms with E-state index in [9.17, 15) is 5.11 Å². The highest BCUT2D eigenvalue weighted by Gasteiger charge is 2.28. The second-order valence-electron chi connectivity index (χ2n) is 3.81. The van der Waals surface area contributed by atoms with Gasteiger partial charge in [0.1, 0.15) is 0 Å². The summed E-state index contributed by atoms with van der Waals surface area (Å²) in [5, 5.41) is 9.47. The number of aliphatic hydroxyl groups excluding tert-OH is 1. The van der Waals surface area contributed by atoms with Crippen molar-refractivity contribution in [2.75, 3.05) is 13.2 Å². The first-order valence-electron chi connectivity index (χ1n) is 5.07. The molecular weight excluding hydrogens is 174 g/mol. The van der Waals surface area contributed by atoms with E-state index >= 15 is 0 Å². The molecule has 2 heteroatoms. The summed E-state index contributed by atoms with van der Waals surface area (Å²) in [5.41, 5.74) is 7.89. The first-order valence-corrected chi connectivity index (χ1v) is 5.07. The molecule has 3 N–H and O–H groups in total. The zero-order valence-electron chi connectivity index (χ0n) is 8.96. The van der Waals surface area contributed by atoms with Crippen molar-refractivity contribution in [3.05, 3.63) is 35.4 Å². The van der Waals surface area contributed by atoms with E-state index in [-0.39, 0.29) is 12.0 Å². The summed E-state index contributed by atoms with van der Waals surface area (Å²) in [5.74, 6) is 0. The Morgan fingerprint density at radius 2 is 2.00 bits per heavy atom. The number of aryl methyl sites for hydroxylation is 1. The van der Waals surface area contributed by atoms with Gasteiger partial charge in [-0.15, -0.1) is 0 Å². The van der Waals surface area contributed by atoms with Crippen molar-refractivity contribution in [1.29, 1.82) is 0 Å². The first-order chi connectivity index (χ1) is 6.70. The zero-order chi connectivity index (χ0) is 10.6. The van der Waals surface area contributed by atoms with E-state index in [1.54, 1.807) is 0 Å². The van der Waals surface area contributed by atoms with Crippen molar-refractivity contribution in [2.24, 2.45) is 5.73 Å². The highest BCUT2D eigenvalue weighted by molar-refractivity contribution is 5.33. The Hall–Kier alpha value is -0.860. The molecule has 1 unspecified atom stereocenters. The van der Waals surface area contributed by atoms with Gasteiger partial charge in [0.2, 0.25) is 0 Å². The molecule has 0 aliphatic carbocycles. The fraction of sp³-hybridized carbons (Fsp3) is 0.500. The fourth-order valence-corrected chi connectivity index (χ4v) is 1.87. The van der Waals surface area contributed by atoms with Gasteiger partial charge in [-0.1, -0.05) is 31.2 Å². The number of hydrogen-bond donors (Lipinski definition) is 2. The summed E-state index contributed by atoms with van der Waals surface area (Å²) in [7, 11) is 0. The maximum Gasteiger partial charge on any atom is 0.0540 e. The highest BCUT2D eigenvalue weighted by atomic mass is 16.3. The largest absolute Gasteiger partial charge is 0.395 e. The van der Waals surface area contributed by atoms with E-state index in [0.717, 1.165) is 6.42 Å². The fourth-order valence-electron chi connectivity index (χ4n) is 1.87. The van der Waals surface area contributed by atoms with Gasteiger partial charge in [0.05, 0.1) is 6.61 Å². The van der Waals surface area contributed by atoms with Crippen LogP contribution in [0.4, 0.5) is 0 Å². The average molecular weight is 193 g/mol. The number of rotatable bonds is 4. The molecule has 0 spiro atoms. The van der Waals surface area contributed by atoms with E-state index < -0.39 is 0 Å². The summed E-state index contributed by atoms with van der Waals surface area (Å²) < 4.78 is 0. The van der Waals surface area contributed by atoms with E-state index in [2.05, 4.69) is 26.0 Å². The Balaban J connectivity index is 3.17. The van der Waals surface area contributed by atoms with Gasteiger partial charge < -0.3 is 10.8 Å². The van der Waals surface area contributed by atoms with Crippen LogP contribution in [0.5, 0.6) is 0 Å². The molecule has 0 aromatic heterocycles. The van der Waals surface area contributed by atoms with Crippen molar-refractivity contribution in [3.63, 3.8) is 0 Å². The molecule has 0 fully saturated rings. The molecule has 0 aliphatic heterocycles. The average Bonchev–Trinajstić information content (AvgIpc) is 2.24. The summed E-state index contributed by atoms with van der Waals surface area (Å²) in [6.45, 7) is 4.73. The molecule has 1 aromatic carbocycles. The van der Waals surface area contributed by atoms with Crippen molar-refractivity contribution < 1.29 is 5.11 Å². The smallest absolute Gasteiger partial charge is 0.0540 e. The normalized spacial score (nSPS) is 15.1. The lowest BCUT2D eigenvalue weighted by atomic mass is 9.77. The molecule has 0 amide bonds. The summed E-state index contributed by atoms with van der Waals surface area (Å²) in [6, 6.07) is 8.12. The molecule has 0 heterocycles. The number of hydrogen-bond acceptors (Lipinski definition) is 2. The van der Waals surface area contributed by atoms with E-state index in [0.29, 0.717) is 6.54 Å². The van der Waals surface area contributed by atoms with Gasteiger partial charge in [-0.25, -0.2) is 0 Å².